The maximum atomic E-state index is 12.4. The van der Waals surface area contributed by atoms with Crippen molar-refractivity contribution in [1.82, 2.24) is 16.0 Å². The normalized spacial score (nSPS) is 14.8. The zero-order chi connectivity index (χ0) is 22.6. The zero-order valence-corrected chi connectivity index (χ0v) is 16.8. The van der Waals surface area contributed by atoms with Crippen LogP contribution in [0.2, 0.25) is 0 Å². The monoisotopic (exact) mass is 416 g/mol. The van der Waals surface area contributed by atoms with Gasteiger partial charge in [0.05, 0.1) is 6.04 Å². The van der Waals surface area contributed by atoms with Gasteiger partial charge in [-0.1, -0.05) is 0 Å². The number of carbonyl (C=O) groups is 5. The van der Waals surface area contributed by atoms with Crippen molar-refractivity contribution in [3.05, 3.63) is 0 Å². The molecule has 29 heavy (non-hydrogen) atoms. The number of amides is 4. The average Bonchev–Trinajstić information content (AvgIpc) is 2.64. The number of nitrogens with one attached hydrogen (secondary N) is 3. The number of hydrogen-bond donors (Lipinski definition) is 7. The van der Waals surface area contributed by atoms with Gasteiger partial charge in [-0.25, -0.2) is 0 Å². The quantitative estimate of drug-likeness (QED) is 0.147. The van der Waals surface area contributed by atoms with Gasteiger partial charge in [-0.3, -0.25) is 24.0 Å². The first-order valence-corrected chi connectivity index (χ1v) is 9.37. The molecule has 4 unspecified atom stereocenters. The molecular weight excluding hydrogens is 384 g/mol. The van der Waals surface area contributed by atoms with Gasteiger partial charge < -0.3 is 38.3 Å². The van der Waals surface area contributed by atoms with E-state index >= 15 is 0 Å². The third-order valence-corrected chi connectivity index (χ3v) is 4.10. The van der Waals surface area contributed by atoms with Crippen LogP contribution in [0.15, 0.2) is 0 Å². The molecule has 4 atom stereocenters. The molecule has 0 spiro atoms. The molecule has 0 rings (SSSR count). The van der Waals surface area contributed by atoms with E-state index in [1.807, 2.05) is 0 Å². The first-order chi connectivity index (χ1) is 13.5. The molecule has 0 aromatic carbocycles. The highest BCUT2D eigenvalue weighted by atomic mass is 16.4. The summed E-state index contributed by atoms with van der Waals surface area (Å²) in [7, 11) is 0. The van der Waals surface area contributed by atoms with E-state index in [1.54, 1.807) is 0 Å². The predicted octanol–water partition coefficient (Wildman–Crippen LogP) is -2.71. The van der Waals surface area contributed by atoms with Crippen molar-refractivity contribution in [2.24, 2.45) is 17.2 Å². The summed E-state index contributed by atoms with van der Waals surface area (Å²) in [5, 5.41) is 16.1. The summed E-state index contributed by atoms with van der Waals surface area (Å²) >= 11 is 0. The molecule has 10 N–H and O–H groups in total. The van der Waals surface area contributed by atoms with E-state index in [0.717, 1.165) is 0 Å². The predicted molar refractivity (Wildman–Crippen MR) is 104 cm³/mol. The van der Waals surface area contributed by atoms with Crippen molar-refractivity contribution in [1.29, 1.82) is 0 Å². The van der Waals surface area contributed by atoms with Gasteiger partial charge in [-0.05, 0) is 46.1 Å². The molecule has 12 nitrogen and oxygen atoms in total. The molecule has 0 aliphatic rings. The summed E-state index contributed by atoms with van der Waals surface area (Å²) in [5.74, 6) is -3.74. The van der Waals surface area contributed by atoms with Gasteiger partial charge in [-0.2, -0.15) is 0 Å². The third-order valence-electron chi connectivity index (χ3n) is 4.10. The number of unbranched alkanes of at least 4 members (excludes halogenated alkanes) is 1. The molecule has 0 heterocycles. The van der Waals surface area contributed by atoms with Crippen LogP contribution in [0.3, 0.4) is 0 Å². The summed E-state index contributed by atoms with van der Waals surface area (Å²) in [6, 6.07) is -4.14. The van der Waals surface area contributed by atoms with Crippen LogP contribution in [0.25, 0.3) is 0 Å². The maximum absolute atomic E-state index is 12.4. The second kappa shape index (κ2) is 13.4. The Morgan fingerprint density at radius 3 is 1.97 bits per heavy atom. The van der Waals surface area contributed by atoms with E-state index in [9.17, 15) is 24.0 Å². The highest BCUT2D eigenvalue weighted by Crippen LogP contribution is 2.03. The first-order valence-electron chi connectivity index (χ1n) is 9.37. The minimum atomic E-state index is -1.21. The third kappa shape index (κ3) is 11.0. The molecule has 12 heteroatoms. The van der Waals surface area contributed by atoms with Crippen molar-refractivity contribution >= 4 is 29.6 Å². The molecule has 4 amide bonds. The van der Waals surface area contributed by atoms with Crippen LogP contribution in [-0.2, 0) is 24.0 Å². The Morgan fingerprint density at radius 1 is 0.862 bits per heavy atom. The van der Waals surface area contributed by atoms with Crippen molar-refractivity contribution in [2.45, 2.75) is 70.1 Å². The standard InChI is InChI=1S/C17H32N6O6/c1-9(21-15(26)11(19)6-7-13(20)24)14(25)23-12(5-3-4-8-18)16(27)22-10(2)17(28)29/h9-12H,3-8,18-19H2,1-2H3,(H2,20,24)(H,21,26)(H,22,27)(H,23,25)(H,28,29). The molecular formula is C17H32N6O6. The number of carboxylic acid groups (broad SMARTS) is 1. The van der Waals surface area contributed by atoms with Gasteiger partial charge in [-0.15, -0.1) is 0 Å². The van der Waals surface area contributed by atoms with Crippen LogP contribution in [0, 0.1) is 0 Å². The summed E-state index contributed by atoms with van der Waals surface area (Å²) in [4.78, 5) is 58.4. The number of carboxylic acids is 1. The second-order valence-corrected chi connectivity index (χ2v) is 6.76. The largest absolute Gasteiger partial charge is 0.480 e. The lowest BCUT2D eigenvalue weighted by atomic mass is 10.1. The molecule has 0 aromatic heterocycles. The molecule has 0 aliphatic heterocycles. The molecule has 0 saturated carbocycles. The Balaban J connectivity index is 4.86. The molecule has 0 radical (unpaired) electrons. The minimum Gasteiger partial charge on any atom is -0.480 e. The van der Waals surface area contributed by atoms with E-state index in [4.69, 9.17) is 22.3 Å². The first kappa shape index (κ1) is 26.3. The lowest BCUT2D eigenvalue weighted by Crippen LogP contribution is -2.56. The summed E-state index contributed by atoms with van der Waals surface area (Å²) in [5.41, 5.74) is 16.1. The van der Waals surface area contributed by atoms with E-state index in [2.05, 4.69) is 16.0 Å². The summed E-state index contributed by atoms with van der Waals surface area (Å²) in [6.07, 6.45) is 1.37. The van der Waals surface area contributed by atoms with E-state index in [0.29, 0.717) is 19.4 Å². The number of primary amides is 1. The van der Waals surface area contributed by atoms with Crippen molar-refractivity contribution in [3.8, 4) is 0 Å². The van der Waals surface area contributed by atoms with Crippen molar-refractivity contribution < 1.29 is 29.1 Å². The van der Waals surface area contributed by atoms with Crippen LogP contribution in [-0.4, -0.2) is 65.4 Å². The lowest BCUT2D eigenvalue weighted by Gasteiger charge is -2.23. The average molecular weight is 416 g/mol. The van der Waals surface area contributed by atoms with Gasteiger partial charge in [0.1, 0.15) is 18.1 Å². The molecule has 166 valence electrons. The Morgan fingerprint density at radius 2 is 1.45 bits per heavy atom. The van der Waals surface area contributed by atoms with E-state index < -0.39 is 53.8 Å². The van der Waals surface area contributed by atoms with Gasteiger partial charge in [0.15, 0.2) is 0 Å². The molecule has 0 fully saturated rings. The van der Waals surface area contributed by atoms with Gasteiger partial charge >= 0.3 is 5.97 Å². The number of hydrogen-bond acceptors (Lipinski definition) is 7. The number of aliphatic carboxylic acids is 1. The topological polar surface area (TPSA) is 220 Å². The fraction of sp³-hybridized carbons (Fsp3) is 0.706. The number of rotatable bonds is 14. The fourth-order valence-corrected chi connectivity index (χ4v) is 2.25. The molecule has 0 saturated heterocycles. The number of carbonyl (C=O) groups excluding carboxylic acids is 4. The van der Waals surface area contributed by atoms with Crippen molar-refractivity contribution in [3.63, 3.8) is 0 Å². The van der Waals surface area contributed by atoms with E-state index in [1.165, 1.54) is 13.8 Å². The Hall–Kier alpha value is -2.73. The SMILES string of the molecule is CC(NC(=O)C(CCCCN)NC(=O)C(C)NC(=O)C(N)CCC(N)=O)C(=O)O. The molecule has 0 bridgehead atoms. The Bertz CT molecular complexity index is 599. The van der Waals surface area contributed by atoms with Gasteiger partial charge in [0.2, 0.25) is 23.6 Å². The van der Waals surface area contributed by atoms with Crippen LogP contribution < -0.4 is 33.2 Å². The smallest absolute Gasteiger partial charge is 0.325 e. The van der Waals surface area contributed by atoms with Crippen LogP contribution >= 0.6 is 0 Å². The number of nitrogens with two attached hydrogens (primary N) is 3. The second-order valence-electron chi connectivity index (χ2n) is 6.76. The molecule has 0 aromatic rings. The van der Waals surface area contributed by atoms with Crippen LogP contribution in [0.4, 0.5) is 0 Å². The highest BCUT2D eigenvalue weighted by molar-refractivity contribution is 5.93. The maximum Gasteiger partial charge on any atom is 0.325 e. The Kier molecular flexibility index (Phi) is 12.2. The lowest BCUT2D eigenvalue weighted by molar-refractivity contribution is -0.141. The van der Waals surface area contributed by atoms with Crippen molar-refractivity contribution in [2.75, 3.05) is 6.54 Å². The van der Waals surface area contributed by atoms with Gasteiger partial charge in [0, 0.05) is 6.42 Å². The summed E-state index contributed by atoms with van der Waals surface area (Å²) in [6.45, 7) is 3.11. The zero-order valence-electron chi connectivity index (χ0n) is 16.8. The Labute approximate surface area is 169 Å². The van der Waals surface area contributed by atoms with Crippen LogP contribution in [0.1, 0.15) is 46.0 Å². The van der Waals surface area contributed by atoms with E-state index in [-0.39, 0.29) is 19.3 Å². The highest BCUT2D eigenvalue weighted by Gasteiger charge is 2.27. The fourth-order valence-electron chi connectivity index (χ4n) is 2.25. The van der Waals surface area contributed by atoms with Gasteiger partial charge in [0.25, 0.3) is 0 Å². The van der Waals surface area contributed by atoms with Crippen LogP contribution in [0.5, 0.6) is 0 Å². The minimum absolute atomic E-state index is 0.0344. The summed E-state index contributed by atoms with van der Waals surface area (Å²) < 4.78 is 0. The molecule has 0 aliphatic carbocycles.